The predicted molar refractivity (Wildman–Crippen MR) is 98.5 cm³/mol. The van der Waals surface area contributed by atoms with Crippen molar-refractivity contribution < 1.29 is 9.21 Å². The molecule has 0 radical (unpaired) electrons. The van der Waals surface area contributed by atoms with E-state index < -0.39 is 0 Å². The fourth-order valence-electron chi connectivity index (χ4n) is 3.59. The molecule has 0 atom stereocenters. The lowest BCUT2D eigenvalue weighted by Crippen LogP contribution is -2.33. The van der Waals surface area contributed by atoms with Gasteiger partial charge in [-0.25, -0.2) is 4.98 Å². The Morgan fingerprint density at radius 1 is 1.20 bits per heavy atom. The highest BCUT2D eigenvalue weighted by Gasteiger charge is 2.20. The average molecular weight is 340 g/mol. The van der Waals surface area contributed by atoms with Crippen molar-refractivity contribution in [1.29, 1.82) is 0 Å². The van der Waals surface area contributed by atoms with Gasteiger partial charge in [-0.2, -0.15) is 0 Å². The van der Waals surface area contributed by atoms with Crippen LogP contribution in [0.15, 0.2) is 41.1 Å². The molecule has 0 unspecified atom stereocenters. The van der Waals surface area contributed by atoms with E-state index in [0.717, 1.165) is 44.8 Å². The van der Waals surface area contributed by atoms with E-state index in [-0.39, 0.29) is 11.7 Å². The fraction of sp³-hybridized carbons (Fsp3) is 0.524. The Labute approximate surface area is 150 Å². The Morgan fingerprint density at radius 2 is 1.92 bits per heavy atom. The Balaban J connectivity index is 1.34. The van der Waals surface area contributed by atoms with E-state index in [2.05, 4.69) is 41.1 Å². The zero-order valence-corrected chi connectivity index (χ0v) is 15.1. The highest BCUT2D eigenvalue weighted by molar-refractivity contribution is 5.91. The molecule has 0 saturated carbocycles. The fourth-order valence-corrected chi connectivity index (χ4v) is 3.59. The van der Waals surface area contributed by atoms with Crippen LogP contribution in [0.25, 0.3) is 0 Å². The first-order valence-electron chi connectivity index (χ1n) is 9.47. The maximum Gasteiger partial charge on any atom is 0.263 e. The summed E-state index contributed by atoms with van der Waals surface area (Å²) in [5.74, 6) is 1.03. The molecule has 1 aromatic carbocycles. The Hall–Kier alpha value is -1.94. The van der Waals surface area contributed by atoms with Gasteiger partial charge in [0.1, 0.15) is 6.26 Å². The number of oxazole rings is 1. The van der Waals surface area contributed by atoms with Gasteiger partial charge in [0.15, 0.2) is 0 Å². The standard InChI is InChI=1S/C21H28N2O2/c1-2-17-6-8-19(9-7-17)16-23-13-10-18(11-14-23)4-3-5-20(24)21-22-12-15-25-21/h6-9,12,15,18H,2-5,10-11,13-14,16H2,1H3. The largest absolute Gasteiger partial charge is 0.442 e. The van der Waals surface area contributed by atoms with Gasteiger partial charge >= 0.3 is 0 Å². The smallest absolute Gasteiger partial charge is 0.263 e. The monoisotopic (exact) mass is 340 g/mol. The van der Waals surface area contributed by atoms with Crippen molar-refractivity contribution in [3.8, 4) is 0 Å². The van der Waals surface area contributed by atoms with Crippen molar-refractivity contribution in [2.24, 2.45) is 5.92 Å². The van der Waals surface area contributed by atoms with E-state index in [9.17, 15) is 4.79 Å². The second-order valence-corrected chi connectivity index (χ2v) is 7.04. The molecule has 2 heterocycles. The van der Waals surface area contributed by atoms with Gasteiger partial charge in [-0.1, -0.05) is 31.2 Å². The van der Waals surface area contributed by atoms with Crippen LogP contribution >= 0.6 is 0 Å². The number of ketones is 1. The number of nitrogens with zero attached hydrogens (tertiary/aromatic N) is 2. The van der Waals surface area contributed by atoms with Gasteiger partial charge in [0.05, 0.1) is 6.20 Å². The summed E-state index contributed by atoms with van der Waals surface area (Å²) in [6.45, 7) is 5.57. The number of carbonyl (C=O) groups excluding carboxylic acids is 1. The number of hydrogen-bond donors (Lipinski definition) is 0. The molecule has 25 heavy (non-hydrogen) atoms. The highest BCUT2D eigenvalue weighted by Crippen LogP contribution is 2.24. The number of likely N-dealkylation sites (tertiary alicyclic amines) is 1. The number of Topliss-reactive ketones (excluding diaryl/α,β-unsaturated/α-hetero) is 1. The molecule has 0 amide bonds. The molecule has 0 aliphatic carbocycles. The molecule has 4 heteroatoms. The summed E-state index contributed by atoms with van der Waals surface area (Å²) in [6.07, 6.45) is 9.17. The van der Waals surface area contributed by atoms with Gasteiger partial charge in [0.25, 0.3) is 5.89 Å². The number of hydrogen-bond acceptors (Lipinski definition) is 4. The van der Waals surface area contributed by atoms with E-state index in [1.165, 1.54) is 36.4 Å². The number of carbonyl (C=O) groups is 1. The van der Waals surface area contributed by atoms with Gasteiger partial charge in [-0.3, -0.25) is 9.69 Å². The van der Waals surface area contributed by atoms with Crippen LogP contribution in [0.5, 0.6) is 0 Å². The highest BCUT2D eigenvalue weighted by atomic mass is 16.3. The molecule has 1 saturated heterocycles. The summed E-state index contributed by atoms with van der Waals surface area (Å²) in [6, 6.07) is 9.01. The quantitative estimate of drug-likeness (QED) is 0.664. The molecule has 0 spiro atoms. The van der Waals surface area contributed by atoms with Crippen molar-refractivity contribution in [3.63, 3.8) is 0 Å². The minimum absolute atomic E-state index is 0.0259. The van der Waals surface area contributed by atoms with Crippen LogP contribution in [-0.4, -0.2) is 28.8 Å². The second kappa shape index (κ2) is 8.95. The van der Waals surface area contributed by atoms with Crippen LogP contribution in [0, 0.1) is 5.92 Å². The molecule has 1 aliphatic rings. The minimum Gasteiger partial charge on any atom is -0.442 e. The van der Waals surface area contributed by atoms with E-state index in [4.69, 9.17) is 4.42 Å². The van der Waals surface area contributed by atoms with Gasteiger partial charge in [0, 0.05) is 13.0 Å². The van der Waals surface area contributed by atoms with Gasteiger partial charge in [0.2, 0.25) is 5.78 Å². The van der Waals surface area contributed by atoms with Crippen molar-refractivity contribution in [2.45, 2.75) is 52.0 Å². The Kier molecular flexibility index (Phi) is 6.40. The van der Waals surface area contributed by atoms with E-state index in [0.29, 0.717) is 6.42 Å². The Morgan fingerprint density at radius 3 is 2.56 bits per heavy atom. The zero-order valence-electron chi connectivity index (χ0n) is 15.1. The third-order valence-electron chi connectivity index (χ3n) is 5.23. The van der Waals surface area contributed by atoms with Crippen LogP contribution in [0.4, 0.5) is 0 Å². The van der Waals surface area contributed by atoms with Gasteiger partial charge in [-0.15, -0.1) is 0 Å². The molecular formula is C21H28N2O2. The summed E-state index contributed by atoms with van der Waals surface area (Å²) in [5.41, 5.74) is 2.81. The molecule has 0 bridgehead atoms. The summed E-state index contributed by atoms with van der Waals surface area (Å²) >= 11 is 0. The maximum absolute atomic E-state index is 11.9. The third-order valence-corrected chi connectivity index (χ3v) is 5.23. The van der Waals surface area contributed by atoms with Crippen LogP contribution in [0.2, 0.25) is 0 Å². The van der Waals surface area contributed by atoms with E-state index >= 15 is 0 Å². The molecule has 1 aliphatic heterocycles. The summed E-state index contributed by atoms with van der Waals surface area (Å²) in [4.78, 5) is 18.4. The van der Waals surface area contributed by atoms with E-state index in [1.807, 2.05) is 0 Å². The summed E-state index contributed by atoms with van der Waals surface area (Å²) in [7, 11) is 0. The molecular weight excluding hydrogens is 312 g/mol. The van der Waals surface area contributed by atoms with Crippen LogP contribution in [0.3, 0.4) is 0 Å². The number of rotatable bonds is 8. The molecule has 1 fully saturated rings. The number of benzene rings is 1. The second-order valence-electron chi connectivity index (χ2n) is 7.04. The van der Waals surface area contributed by atoms with Gasteiger partial charge in [-0.05, 0) is 62.2 Å². The predicted octanol–water partition coefficient (Wildman–Crippen LogP) is 4.50. The SMILES string of the molecule is CCc1ccc(CN2CCC(CCCC(=O)c3ncco3)CC2)cc1. The van der Waals surface area contributed by atoms with Crippen LogP contribution in [0.1, 0.15) is 60.8 Å². The topological polar surface area (TPSA) is 46.3 Å². The van der Waals surface area contributed by atoms with Crippen molar-refractivity contribution in [1.82, 2.24) is 9.88 Å². The number of aryl methyl sites for hydroxylation is 1. The number of piperidine rings is 1. The lowest BCUT2D eigenvalue weighted by Gasteiger charge is -2.32. The molecule has 0 N–H and O–H groups in total. The van der Waals surface area contributed by atoms with Crippen molar-refractivity contribution in [3.05, 3.63) is 53.7 Å². The average Bonchev–Trinajstić information content (AvgIpc) is 3.19. The molecule has 4 nitrogen and oxygen atoms in total. The molecule has 3 rings (SSSR count). The van der Waals surface area contributed by atoms with Gasteiger partial charge < -0.3 is 4.42 Å². The zero-order chi connectivity index (χ0) is 17.5. The molecule has 1 aromatic heterocycles. The lowest BCUT2D eigenvalue weighted by atomic mass is 9.91. The normalized spacial score (nSPS) is 16.2. The summed E-state index contributed by atoms with van der Waals surface area (Å²) in [5, 5.41) is 0. The lowest BCUT2D eigenvalue weighted by molar-refractivity contribution is 0.0940. The maximum atomic E-state index is 11.9. The van der Waals surface area contributed by atoms with Crippen molar-refractivity contribution in [2.75, 3.05) is 13.1 Å². The first-order valence-corrected chi connectivity index (χ1v) is 9.47. The van der Waals surface area contributed by atoms with E-state index in [1.54, 1.807) is 0 Å². The van der Waals surface area contributed by atoms with Crippen LogP contribution in [-0.2, 0) is 13.0 Å². The minimum atomic E-state index is 0.0259. The first kappa shape index (κ1) is 17.9. The Bertz CT molecular complexity index is 641. The molecule has 2 aromatic rings. The van der Waals surface area contributed by atoms with Crippen LogP contribution < -0.4 is 0 Å². The number of aromatic nitrogens is 1. The molecule has 134 valence electrons. The van der Waals surface area contributed by atoms with Crippen molar-refractivity contribution >= 4 is 5.78 Å². The first-order chi connectivity index (χ1) is 12.2. The summed E-state index contributed by atoms with van der Waals surface area (Å²) < 4.78 is 5.06. The third kappa shape index (κ3) is 5.27.